The summed E-state index contributed by atoms with van der Waals surface area (Å²) in [6.07, 6.45) is 2.79. The van der Waals surface area contributed by atoms with Gasteiger partial charge in [-0.25, -0.2) is 0 Å². The highest BCUT2D eigenvalue weighted by Gasteiger charge is 2.21. The summed E-state index contributed by atoms with van der Waals surface area (Å²) in [5.41, 5.74) is 0.668. The number of pyridine rings is 2. The molecule has 8 nitrogen and oxygen atoms in total. The van der Waals surface area contributed by atoms with Crippen LogP contribution >= 0.6 is 0 Å². The molecule has 0 fully saturated rings. The van der Waals surface area contributed by atoms with Gasteiger partial charge in [-0.2, -0.15) is 16.8 Å². The van der Waals surface area contributed by atoms with Gasteiger partial charge in [0.1, 0.15) is 20.8 Å². The van der Waals surface area contributed by atoms with Crippen molar-refractivity contribution >= 4 is 42.0 Å². The van der Waals surface area contributed by atoms with Crippen LogP contribution in [0.4, 0.5) is 0 Å². The Morgan fingerprint density at radius 3 is 1.26 bits per heavy atom. The van der Waals surface area contributed by atoms with Crippen LogP contribution in [-0.4, -0.2) is 26.8 Å². The molecular weight excluding hydrogens is 476 g/mol. The summed E-state index contributed by atoms with van der Waals surface area (Å²) >= 11 is 0. The molecule has 5 aromatic rings. The first-order chi connectivity index (χ1) is 16.4. The average Bonchev–Trinajstić information content (AvgIpc) is 2.85. The second-order valence-electron chi connectivity index (χ2n) is 7.18. The molecule has 0 atom stereocenters. The van der Waals surface area contributed by atoms with Gasteiger partial charge in [-0.15, -0.1) is 0 Å². The summed E-state index contributed by atoms with van der Waals surface area (Å²) in [4.78, 5) is 8.68. The van der Waals surface area contributed by atoms with Crippen LogP contribution in [0, 0.1) is 0 Å². The van der Waals surface area contributed by atoms with E-state index in [1.165, 1.54) is 48.8 Å². The highest BCUT2D eigenvalue weighted by Crippen LogP contribution is 2.35. The van der Waals surface area contributed by atoms with Crippen molar-refractivity contribution in [3.05, 3.63) is 97.3 Å². The molecule has 0 aliphatic rings. The minimum Gasteiger partial charge on any atom is -0.378 e. The molecule has 2 aromatic heterocycles. The Hall–Kier alpha value is -4.02. The lowest BCUT2D eigenvalue weighted by molar-refractivity contribution is 0.486. The van der Waals surface area contributed by atoms with Crippen LogP contribution in [0.25, 0.3) is 21.8 Å². The Morgan fingerprint density at radius 2 is 0.882 bits per heavy atom. The van der Waals surface area contributed by atoms with E-state index in [0.717, 1.165) is 0 Å². The van der Waals surface area contributed by atoms with E-state index in [9.17, 15) is 16.8 Å². The SMILES string of the molecule is O=S(=O)(Oc1ccnc2c1ccc1c(OS(=O)(=O)c3ccccc3)ccnc12)c1ccccc1. The first-order valence-corrected chi connectivity index (χ1v) is 12.8. The number of aromatic nitrogens is 2. The van der Waals surface area contributed by atoms with E-state index in [-0.39, 0.29) is 21.3 Å². The van der Waals surface area contributed by atoms with Crippen molar-refractivity contribution in [3.8, 4) is 11.5 Å². The molecule has 0 spiro atoms. The highest BCUT2D eigenvalue weighted by molar-refractivity contribution is 7.87. The predicted octanol–water partition coefficient (Wildman–Crippen LogP) is 4.32. The molecule has 0 saturated heterocycles. The first kappa shape index (κ1) is 21.8. The Kier molecular flexibility index (Phi) is 5.39. The van der Waals surface area contributed by atoms with Crippen molar-refractivity contribution in [2.45, 2.75) is 9.79 Å². The monoisotopic (exact) mass is 492 g/mol. The van der Waals surface area contributed by atoms with Crippen LogP contribution in [0.15, 0.2) is 107 Å². The third kappa shape index (κ3) is 4.04. The molecule has 5 rings (SSSR count). The second kappa shape index (κ2) is 8.40. The molecule has 0 bridgehead atoms. The molecule has 0 unspecified atom stereocenters. The average molecular weight is 493 g/mol. The number of benzene rings is 3. The maximum absolute atomic E-state index is 12.7. The molecule has 0 aliphatic heterocycles. The minimum absolute atomic E-state index is 0.0145. The maximum Gasteiger partial charge on any atom is 0.339 e. The maximum atomic E-state index is 12.7. The molecule has 170 valence electrons. The smallest absolute Gasteiger partial charge is 0.339 e. The van der Waals surface area contributed by atoms with Gasteiger partial charge in [0.15, 0.2) is 11.5 Å². The van der Waals surface area contributed by atoms with Gasteiger partial charge in [0.2, 0.25) is 0 Å². The lowest BCUT2D eigenvalue weighted by atomic mass is 10.1. The zero-order valence-electron chi connectivity index (χ0n) is 17.4. The van der Waals surface area contributed by atoms with Crippen molar-refractivity contribution in [1.29, 1.82) is 0 Å². The molecule has 34 heavy (non-hydrogen) atoms. The zero-order valence-corrected chi connectivity index (χ0v) is 19.0. The van der Waals surface area contributed by atoms with Crippen LogP contribution < -0.4 is 8.37 Å². The van der Waals surface area contributed by atoms with Gasteiger partial charge < -0.3 is 8.37 Å². The fourth-order valence-electron chi connectivity index (χ4n) is 3.43. The van der Waals surface area contributed by atoms with E-state index in [2.05, 4.69) is 9.97 Å². The van der Waals surface area contributed by atoms with Gasteiger partial charge in [-0.3, -0.25) is 9.97 Å². The van der Waals surface area contributed by atoms with Crippen molar-refractivity contribution in [2.24, 2.45) is 0 Å². The van der Waals surface area contributed by atoms with Crippen molar-refractivity contribution in [3.63, 3.8) is 0 Å². The largest absolute Gasteiger partial charge is 0.378 e. The fraction of sp³-hybridized carbons (Fsp3) is 0. The summed E-state index contributed by atoms with van der Waals surface area (Å²) in [5.74, 6) is 0.140. The molecule has 0 saturated carbocycles. The molecule has 2 heterocycles. The van der Waals surface area contributed by atoms with Gasteiger partial charge >= 0.3 is 20.2 Å². The molecule has 0 aliphatic carbocycles. The van der Waals surface area contributed by atoms with E-state index >= 15 is 0 Å². The van der Waals surface area contributed by atoms with Crippen LogP contribution in [0.5, 0.6) is 11.5 Å². The summed E-state index contributed by atoms with van der Waals surface area (Å²) < 4.78 is 61.6. The van der Waals surface area contributed by atoms with Gasteiger partial charge in [-0.05, 0) is 36.4 Å². The zero-order chi connectivity index (χ0) is 23.8. The van der Waals surface area contributed by atoms with Crippen molar-refractivity contribution < 1.29 is 25.2 Å². The topological polar surface area (TPSA) is 113 Å². The van der Waals surface area contributed by atoms with Gasteiger partial charge in [0.05, 0.1) is 0 Å². The van der Waals surface area contributed by atoms with E-state index in [0.29, 0.717) is 21.8 Å². The molecule has 0 amide bonds. The van der Waals surface area contributed by atoms with Crippen LogP contribution in [0.1, 0.15) is 0 Å². The fourth-order valence-corrected chi connectivity index (χ4v) is 5.37. The Labute approximate surface area is 195 Å². The molecular formula is C24H16N2O6S2. The number of fused-ring (bicyclic) bond motifs is 3. The Bertz CT molecular complexity index is 1590. The van der Waals surface area contributed by atoms with E-state index in [4.69, 9.17) is 8.37 Å². The minimum atomic E-state index is -4.07. The van der Waals surface area contributed by atoms with Gasteiger partial charge in [-0.1, -0.05) is 36.4 Å². The third-order valence-electron chi connectivity index (χ3n) is 5.00. The summed E-state index contributed by atoms with van der Waals surface area (Å²) in [6.45, 7) is 0. The molecule has 10 heteroatoms. The standard InChI is InChI=1S/C24H16N2O6S2/c27-33(28,17-7-3-1-4-8-17)31-21-13-15-25-23-19(21)11-12-20-22(14-16-26-24(20)23)32-34(29,30)18-9-5-2-6-10-18/h1-16H. The predicted molar refractivity (Wildman–Crippen MR) is 126 cm³/mol. The Balaban J connectivity index is 1.59. The van der Waals surface area contributed by atoms with E-state index in [1.54, 1.807) is 48.5 Å². The van der Waals surface area contributed by atoms with Crippen LogP contribution in [-0.2, 0) is 20.2 Å². The number of nitrogens with zero attached hydrogens (tertiary/aromatic N) is 2. The Morgan fingerprint density at radius 1 is 0.500 bits per heavy atom. The number of hydrogen-bond donors (Lipinski definition) is 0. The highest BCUT2D eigenvalue weighted by atomic mass is 32.2. The van der Waals surface area contributed by atoms with Gasteiger partial charge in [0.25, 0.3) is 0 Å². The quantitative estimate of drug-likeness (QED) is 0.254. The number of hydrogen-bond acceptors (Lipinski definition) is 8. The normalized spacial score (nSPS) is 12.0. The summed E-state index contributed by atoms with van der Waals surface area (Å²) in [5, 5.41) is 0.787. The summed E-state index contributed by atoms with van der Waals surface area (Å²) in [7, 11) is -8.15. The number of rotatable bonds is 6. The van der Waals surface area contributed by atoms with Gasteiger partial charge in [0, 0.05) is 35.3 Å². The van der Waals surface area contributed by atoms with Crippen molar-refractivity contribution in [2.75, 3.05) is 0 Å². The third-order valence-corrected chi connectivity index (χ3v) is 7.50. The van der Waals surface area contributed by atoms with E-state index < -0.39 is 20.2 Å². The molecule has 3 aromatic carbocycles. The van der Waals surface area contributed by atoms with Crippen LogP contribution in [0.2, 0.25) is 0 Å². The summed E-state index contributed by atoms with van der Waals surface area (Å²) in [6, 6.07) is 21.6. The van der Waals surface area contributed by atoms with E-state index in [1.807, 2.05) is 0 Å². The van der Waals surface area contributed by atoms with Crippen LogP contribution in [0.3, 0.4) is 0 Å². The lowest BCUT2D eigenvalue weighted by Crippen LogP contribution is -2.10. The van der Waals surface area contributed by atoms with Crippen molar-refractivity contribution in [1.82, 2.24) is 9.97 Å². The molecule has 0 radical (unpaired) electrons. The second-order valence-corrected chi connectivity index (χ2v) is 10.3. The molecule has 0 N–H and O–H groups in total. The lowest BCUT2D eigenvalue weighted by Gasteiger charge is -2.12. The first-order valence-electron chi connectivity index (χ1n) is 10.0.